The van der Waals surface area contributed by atoms with Crippen molar-refractivity contribution in [2.45, 2.75) is 14.7 Å². The van der Waals surface area contributed by atoms with Crippen LogP contribution in [0.5, 0.6) is 5.75 Å². The molecule has 0 radical (unpaired) electrons. The third kappa shape index (κ3) is 5.81. The second kappa shape index (κ2) is 10.3. The quantitative estimate of drug-likeness (QED) is 0.109. The molecular weight excluding hydrogens is 590 g/mol. The number of rotatable bonds is 7. The summed E-state index contributed by atoms with van der Waals surface area (Å²) < 4.78 is 99.8. The number of nitrogens with two attached hydrogens (primary N) is 1. The first-order valence-electron chi connectivity index (χ1n) is 10.6. The van der Waals surface area contributed by atoms with E-state index in [1.54, 1.807) is 0 Å². The monoisotopic (exact) mass is 607 g/mol. The molecule has 0 fully saturated rings. The second-order valence-electron chi connectivity index (χ2n) is 7.93. The summed E-state index contributed by atoms with van der Waals surface area (Å²) in [6.45, 7) is 0. The fraction of sp³-hybridized carbons (Fsp3) is 0. The summed E-state index contributed by atoms with van der Waals surface area (Å²) >= 11 is 0. The van der Waals surface area contributed by atoms with Crippen molar-refractivity contribution < 1.29 is 44.0 Å². The predicted molar refractivity (Wildman–Crippen MR) is 141 cm³/mol. The Balaban J connectivity index is 1.96. The molecule has 0 saturated heterocycles. The van der Waals surface area contributed by atoms with Crippen LogP contribution in [0, 0.1) is 0 Å². The fourth-order valence-electron chi connectivity index (χ4n) is 3.55. The van der Waals surface area contributed by atoms with Crippen LogP contribution in [-0.2, 0) is 30.4 Å². The molecule has 0 aromatic heterocycles. The molecule has 4 rings (SSSR count). The van der Waals surface area contributed by atoms with Gasteiger partial charge in [0.2, 0.25) is 0 Å². The number of hydrogen-bond acceptors (Lipinski definition) is 12. The summed E-state index contributed by atoms with van der Waals surface area (Å²) in [6.07, 6.45) is 0. The van der Waals surface area contributed by atoms with Crippen LogP contribution in [0.15, 0.2) is 102 Å². The summed E-state index contributed by atoms with van der Waals surface area (Å²) in [5, 5.41) is 25.6. The van der Waals surface area contributed by atoms with Gasteiger partial charge in [0.15, 0.2) is 5.75 Å². The van der Waals surface area contributed by atoms with E-state index in [2.05, 4.69) is 20.5 Å². The fourth-order valence-corrected chi connectivity index (χ4v) is 5.45. The molecule has 40 heavy (non-hydrogen) atoms. The van der Waals surface area contributed by atoms with Crippen LogP contribution in [0.1, 0.15) is 0 Å². The van der Waals surface area contributed by atoms with Gasteiger partial charge in [-0.3, -0.25) is 13.7 Å². The highest BCUT2D eigenvalue weighted by atomic mass is 32.2. The van der Waals surface area contributed by atoms with E-state index in [1.807, 2.05) is 0 Å². The van der Waals surface area contributed by atoms with Crippen molar-refractivity contribution in [3.05, 3.63) is 66.7 Å². The molecule has 0 atom stereocenters. The molecule has 0 aliphatic rings. The molecular formula is C22H17N5O10S3. The molecule has 0 aliphatic heterocycles. The molecule has 0 spiro atoms. The van der Waals surface area contributed by atoms with E-state index in [4.69, 9.17) is 5.73 Å². The van der Waals surface area contributed by atoms with E-state index in [1.165, 1.54) is 42.5 Å². The topological polar surface area (TPSA) is 259 Å². The lowest BCUT2D eigenvalue weighted by molar-refractivity contribution is 0.472. The van der Waals surface area contributed by atoms with E-state index in [0.717, 1.165) is 24.3 Å². The molecule has 208 valence electrons. The van der Waals surface area contributed by atoms with Gasteiger partial charge in [0.25, 0.3) is 30.4 Å². The highest BCUT2D eigenvalue weighted by molar-refractivity contribution is 7.86. The number of azo groups is 2. The van der Waals surface area contributed by atoms with Crippen molar-refractivity contribution >= 4 is 69.6 Å². The lowest BCUT2D eigenvalue weighted by Crippen LogP contribution is -2.00. The van der Waals surface area contributed by atoms with Gasteiger partial charge in [-0.2, -0.15) is 25.3 Å². The second-order valence-corrected chi connectivity index (χ2v) is 12.1. The Bertz CT molecular complexity index is 2060. The van der Waals surface area contributed by atoms with Crippen LogP contribution < -0.4 is 5.73 Å². The number of benzene rings is 4. The van der Waals surface area contributed by atoms with Crippen LogP contribution in [0.4, 0.5) is 28.4 Å². The van der Waals surface area contributed by atoms with E-state index in [0.29, 0.717) is 0 Å². The van der Waals surface area contributed by atoms with Crippen molar-refractivity contribution in [1.29, 1.82) is 0 Å². The van der Waals surface area contributed by atoms with Gasteiger partial charge in [0.1, 0.15) is 37.4 Å². The Morgan fingerprint density at radius 3 is 1.48 bits per heavy atom. The average Bonchev–Trinajstić information content (AvgIpc) is 2.86. The SMILES string of the molecule is Nc1ccc2c(O)c(N=Nc3ccccc3S(=O)(=O)O)c(S(=O)(=O)O)cc2c1N=Nc1ccccc1S(=O)(=O)O. The highest BCUT2D eigenvalue weighted by Crippen LogP contribution is 2.46. The number of hydrogen-bond donors (Lipinski definition) is 5. The van der Waals surface area contributed by atoms with Crippen molar-refractivity contribution in [3.63, 3.8) is 0 Å². The first-order chi connectivity index (χ1) is 18.6. The van der Waals surface area contributed by atoms with Gasteiger partial charge in [-0.1, -0.05) is 24.3 Å². The van der Waals surface area contributed by atoms with Gasteiger partial charge in [0, 0.05) is 10.8 Å². The van der Waals surface area contributed by atoms with Gasteiger partial charge in [-0.15, -0.1) is 20.5 Å². The van der Waals surface area contributed by atoms with Crippen LogP contribution in [-0.4, -0.2) is 44.0 Å². The highest BCUT2D eigenvalue weighted by Gasteiger charge is 2.24. The molecule has 4 aromatic carbocycles. The summed E-state index contributed by atoms with van der Waals surface area (Å²) in [5.74, 6) is -0.840. The maximum atomic E-state index is 12.2. The number of aromatic hydroxyl groups is 1. The van der Waals surface area contributed by atoms with Crippen LogP contribution in [0.25, 0.3) is 10.8 Å². The molecule has 0 heterocycles. The first-order valence-corrected chi connectivity index (χ1v) is 14.9. The Morgan fingerprint density at radius 1 is 0.550 bits per heavy atom. The van der Waals surface area contributed by atoms with E-state index < -0.39 is 62.2 Å². The Kier molecular flexibility index (Phi) is 7.41. The normalized spacial score (nSPS) is 13.0. The lowest BCUT2D eigenvalue weighted by atomic mass is 10.1. The Morgan fingerprint density at radius 2 is 1.00 bits per heavy atom. The van der Waals surface area contributed by atoms with Crippen LogP contribution in [0.2, 0.25) is 0 Å². The van der Waals surface area contributed by atoms with Gasteiger partial charge in [-0.25, -0.2) is 0 Å². The number of phenols is 1. The molecule has 4 aromatic rings. The first kappa shape index (κ1) is 28.7. The van der Waals surface area contributed by atoms with Gasteiger partial charge in [0.05, 0.1) is 5.69 Å². The van der Waals surface area contributed by atoms with E-state index in [9.17, 15) is 44.0 Å². The zero-order valence-electron chi connectivity index (χ0n) is 19.7. The zero-order valence-corrected chi connectivity index (χ0v) is 22.1. The molecule has 6 N–H and O–H groups in total. The minimum Gasteiger partial charge on any atom is -0.505 e. The largest absolute Gasteiger partial charge is 0.505 e. The van der Waals surface area contributed by atoms with Crippen molar-refractivity contribution in [2.75, 3.05) is 5.73 Å². The van der Waals surface area contributed by atoms with Gasteiger partial charge >= 0.3 is 0 Å². The minimum absolute atomic E-state index is 0.0993. The van der Waals surface area contributed by atoms with E-state index >= 15 is 0 Å². The average molecular weight is 608 g/mol. The summed E-state index contributed by atoms with van der Waals surface area (Å²) in [6, 6.07) is 13.2. The molecule has 18 heteroatoms. The van der Waals surface area contributed by atoms with Crippen LogP contribution in [0.3, 0.4) is 0 Å². The number of anilines is 1. The lowest BCUT2D eigenvalue weighted by Gasteiger charge is -2.11. The summed E-state index contributed by atoms with van der Waals surface area (Å²) in [4.78, 5) is -2.22. The van der Waals surface area contributed by atoms with Gasteiger partial charge < -0.3 is 10.8 Å². The molecule has 0 bridgehead atoms. The number of nitrogen functional groups attached to an aromatic ring is 1. The van der Waals surface area contributed by atoms with Crippen molar-refractivity contribution in [1.82, 2.24) is 0 Å². The van der Waals surface area contributed by atoms with Gasteiger partial charge in [-0.05, 0) is 42.5 Å². The van der Waals surface area contributed by atoms with Crippen molar-refractivity contribution in [3.8, 4) is 5.75 Å². The zero-order chi connectivity index (χ0) is 29.5. The third-order valence-corrected chi connectivity index (χ3v) is 7.99. The smallest absolute Gasteiger partial charge is 0.296 e. The molecule has 0 saturated carbocycles. The minimum atomic E-state index is -5.12. The number of fused-ring (bicyclic) bond motifs is 1. The standard InChI is InChI=1S/C22H17N5O10S3/c23-14-10-9-12-13(20(14)26-24-15-5-1-3-7-17(15)38(29,30)31)11-19(40(35,36)37)21(22(12)28)27-25-16-6-2-4-8-18(16)39(32,33)34/h1-11,28H,23H2,(H,29,30,31)(H,32,33,34)(H,35,36,37). The van der Waals surface area contributed by atoms with E-state index in [-0.39, 0.29) is 27.8 Å². The maximum Gasteiger partial charge on any atom is 0.296 e. The maximum absolute atomic E-state index is 12.2. The third-order valence-electron chi connectivity index (χ3n) is 5.32. The molecule has 0 unspecified atom stereocenters. The Labute approximate surface area is 226 Å². The number of phenolic OH excluding ortho intramolecular Hbond substituents is 1. The molecule has 0 aliphatic carbocycles. The summed E-state index contributed by atoms with van der Waals surface area (Å²) in [7, 11) is -14.6. The number of nitrogens with zero attached hydrogens (tertiary/aromatic N) is 4. The molecule has 0 amide bonds. The summed E-state index contributed by atoms with van der Waals surface area (Å²) in [5.41, 5.74) is 4.15. The Hall–Kier alpha value is -4.33. The van der Waals surface area contributed by atoms with Crippen LogP contribution >= 0.6 is 0 Å². The molecule has 15 nitrogen and oxygen atoms in total. The predicted octanol–water partition coefficient (Wildman–Crippen LogP) is 4.70. The van der Waals surface area contributed by atoms with Crippen molar-refractivity contribution in [2.24, 2.45) is 20.5 Å².